The minimum absolute atomic E-state index is 0.310. The lowest BCUT2D eigenvalue weighted by Crippen LogP contribution is -2.43. The maximum absolute atomic E-state index is 11.7. The smallest absolute Gasteiger partial charge is 0.336 e. The van der Waals surface area contributed by atoms with Crippen molar-refractivity contribution in [3.8, 4) is 5.75 Å². The number of aryl methyl sites for hydroxylation is 1. The van der Waals surface area contributed by atoms with Crippen molar-refractivity contribution in [3.05, 3.63) is 39.7 Å². The molecule has 1 fully saturated rings. The zero-order chi connectivity index (χ0) is 14.8. The van der Waals surface area contributed by atoms with Crippen LogP contribution in [0, 0.1) is 6.92 Å². The minimum atomic E-state index is -0.310. The summed E-state index contributed by atoms with van der Waals surface area (Å²) in [4.78, 5) is 14.1. The predicted molar refractivity (Wildman–Crippen MR) is 81.9 cm³/mol. The molecule has 1 aliphatic rings. The maximum Gasteiger partial charge on any atom is 0.336 e. The van der Waals surface area contributed by atoms with E-state index in [0.717, 1.165) is 55.0 Å². The predicted octanol–water partition coefficient (Wildman–Crippen LogP) is 1.52. The number of methoxy groups -OCH3 is 1. The van der Waals surface area contributed by atoms with Crippen LogP contribution in [0.4, 0.5) is 0 Å². The number of nitrogens with zero attached hydrogens (tertiary/aromatic N) is 1. The van der Waals surface area contributed by atoms with Gasteiger partial charge in [0.05, 0.1) is 12.7 Å². The molecule has 1 aromatic heterocycles. The van der Waals surface area contributed by atoms with Gasteiger partial charge in [0.15, 0.2) is 0 Å². The molecule has 0 amide bonds. The molecule has 1 saturated heterocycles. The fourth-order valence-corrected chi connectivity index (χ4v) is 2.86. The van der Waals surface area contributed by atoms with Gasteiger partial charge in [-0.25, -0.2) is 4.79 Å². The van der Waals surface area contributed by atoms with Gasteiger partial charge in [-0.3, -0.25) is 4.90 Å². The van der Waals surface area contributed by atoms with Crippen LogP contribution in [0.1, 0.15) is 11.1 Å². The molecule has 3 rings (SSSR count). The highest BCUT2D eigenvalue weighted by atomic mass is 16.5. The molecule has 0 spiro atoms. The molecule has 5 nitrogen and oxygen atoms in total. The fraction of sp³-hybridized carbons (Fsp3) is 0.438. The summed E-state index contributed by atoms with van der Waals surface area (Å²) in [5, 5.41) is 4.31. The lowest BCUT2D eigenvalue weighted by molar-refractivity contribution is 0.230. The highest BCUT2D eigenvalue weighted by Crippen LogP contribution is 2.30. The first-order chi connectivity index (χ1) is 10.2. The highest BCUT2D eigenvalue weighted by molar-refractivity contribution is 5.85. The lowest BCUT2D eigenvalue weighted by Gasteiger charge is -2.28. The monoisotopic (exact) mass is 288 g/mol. The zero-order valence-corrected chi connectivity index (χ0v) is 12.4. The van der Waals surface area contributed by atoms with Crippen LogP contribution < -0.4 is 15.7 Å². The van der Waals surface area contributed by atoms with E-state index >= 15 is 0 Å². The molecule has 112 valence electrons. The van der Waals surface area contributed by atoms with E-state index in [2.05, 4.69) is 10.2 Å². The average molecular weight is 288 g/mol. The van der Waals surface area contributed by atoms with E-state index in [1.54, 1.807) is 7.11 Å². The number of hydrogen-bond acceptors (Lipinski definition) is 5. The van der Waals surface area contributed by atoms with Crippen LogP contribution in [0.15, 0.2) is 27.4 Å². The SMILES string of the molecule is COc1ccc2c(C)cc(=O)oc2c1CN1CCNCC1. The van der Waals surface area contributed by atoms with E-state index in [1.165, 1.54) is 6.07 Å². The van der Waals surface area contributed by atoms with Crippen LogP contribution in [-0.2, 0) is 6.54 Å². The van der Waals surface area contributed by atoms with Gasteiger partial charge in [0, 0.05) is 44.2 Å². The summed E-state index contributed by atoms with van der Waals surface area (Å²) >= 11 is 0. The molecule has 0 radical (unpaired) electrons. The zero-order valence-electron chi connectivity index (χ0n) is 12.4. The van der Waals surface area contributed by atoms with Crippen molar-refractivity contribution in [2.75, 3.05) is 33.3 Å². The fourth-order valence-electron chi connectivity index (χ4n) is 2.86. The second kappa shape index (κ2) is 5.87. The topological polar surface area (TPSA) is 54.7 Å². The van der Waals surface area contributed by atoms with E-state index in [0.29, 0.717) is 5.58 Å². The third-order valence-corrected chi connectivity index (χ3v) is 3.99. The summed E-state index contributed by atoms with van der Waals surface area (Å²) in [6.45, 7) is 6.59. The van der Waals surface area contributed by atoms with Gasteiger partial charge in [0.2, 0.25) is 0 Å². The van der Waals surface area contributed by atoms with Gasteiger partial charge < -0.3 is 14.5 Å². The van der Waals surface area contributed by atoms with Crippen LogP contribution in [-0.4, -0.2) is 38.2 Å². The van der Waals surface area contributed by atoms with E-state index in [4.69, 9.17) is 9.15 Å². The van der Waals surface area contributed by atoms with Crippen molar-refractivity contribution in [1.29, 1.82) is 0 Å². The van der Waals surface area contributed by atoms with Gasteiger partial charge in [0.1, 0.15) is 11.3 Å². The number of ether oxygens (including phenoxy) is 1. The second-order valence-corrected chi connectivity index (χ2v) is 5.40. The highest BCUT2D eigenvalue weighted by Gasteiger charge is 2.17. The van der Waals surface area contributed by atoms with Crippen LogP contribution >= 0.6 is 0 Å². The summed E-state index contributed by atoms with van der Waals surface area (Å²) in [7, 11) is 1.65. The molecule has 0 atom stereocenters. The number of benzene rings is 1. The Morgan fingerprint density at radius 2 is 2.10 bits per heavy atom. The summed E-state index contributed by atoms with van der Waals surface area (Å²) < 4.78 is 11.0. The van der Waals surface area contributed by atoms with E-state index in [-0.39, 0.29) is 5.63 Å². The second-order valence-electron chi connectivity index (χ2n) is 5.40. The molecule has 2 heterocycles. The maximum atomic E-state index is 11.7. The van der Waals surface area contributed by atoms with Crippen molar-refractivity contribution >= 4 is 11.0 Å². The first-order valence-electron chi connectivity index (χ1n) is 7.22. The van der Waals surface area contributed by atoms with Gasteiger partial charge in [-0.1, -0.05) is 0 Å². The third-order valence-electron chi connectivity index (χ3n) is 3.99. The Kier molecular flexibility index (Phi) is 3.94. The van der Waals surface area contributed by atoms with Crippen LogP contribution in [0.3, 0.4) is 0 Å². The first kappa shape index (κ1) is 14.1. The molecular formula is C16H20N2O3. The molecule has 1 aromatic carbocycles. The molecule has 0 bridgehead atoms. The molecule has 0 aliphatic carbocycles. The number of hydrogen-bond donors (Lipinski definition) is 1. The van der Waals surface area contributed by atoms with Gasteiger partial charge >= 0.3 is 5.63 Å². The van der Waals surface area contributed by atoms with Crippen LogP contribution in [0.25, 0.3) is 11.0 Å². The van der Waals surface area contributed by atoms with E-state index < -0.39 is 0 Å². The Balaban J connectivity index is 2.10. The molecule has 0 unspecified atom stereocenters. The first-order valence-corrected chi connectivity index (χ1v) is 7.22. The Labute approximate surface area is 123 Å². The molecular weight excluding hydrogens is 268 g/mol. The molecule has 2 aromatic rings. The molecule has 5 heteroatoms. The van der Waals surface area contributed by atoms with E-state index in [9.17, 15) is 4.79 Å². The van der Waals surface area contributed by atoms with Gasteiger partial charge in [-0.2, -0.15) is 0 Å². The Morgan fingerprint density at radius 1 is 1.33 bits per heavy atom. The minimum Gasteiger partial charge on any atom is -0.496 e. The Hall–Kier alpha value is -1.85. The molecule has 21 heavy (non-hydrogen) atoms. The summed E-state index contributed by atoms with van der Waals surface area (Å²) in [5.74, 6) is 0.773. The van der Waals surface area contributed by atoms with Gasteiger partial charge in [-0.15, -0.1) is 0 Å². The summed E-state index contributed by atoms with van der Waals surface area (Å²) in [6, 6.07) is 5.43. The lowest BCUT2D eigenvalue weighted by atomic mass is 10.1. The standard InChI is InChI=1S/C16H20N2O3/c1-11-9-15(19)21-16-12(11)3-4-14(20-2)13(16)10-18-7-5-17-6-8-18/h3-4,9,17H,5-8,10H2,1-2H3. The van der Waals surface area contributed by atoms with Crippen molar-refractivity contribution in [1.82, 2.24) is 10.2 Å². The Bertz CT molecular complexity index is 702. The number of piperazine rings is 1. The number of fused-ring (bicyclic) bond motifs is 1. The van der Waals surface area contributed by atoms with Crippen LogP contribution in [0.2, 0.25) is 0 Å². The van der Waals surface area contributed by atoms with Crippen LogP contribution in [0.5, 0.6) is 5.75 Å². The quantitative estimate of drug-likeness (QED) is 0.868. The summed E-state index contributed by atoms with van der Waals surface area (Å²) in [5.41, 5.74) is 2.23. The van der Waals surface area contributed by atoms with Crippen molar-refractivity contribution in [3.63, 3.8) is 0 Å². The molecule has 1 aliphatic heterocycles. The summed E-state index contributed by atoms with van der Waals surface area (Å²) in [6.07, 6.45) is 0. The molecule has 1 N–H and O–H groups in total. The van der Waals surface area contributed by atoms with Crippen molar-refractivity contribution < 1.29 is 9.15 Å². The number of rotatable bonds is 3. The van der Waals surface area contributed by atoms with Gasteiger partial charge in [0.25, 0.3) is 0 Å². The average Bonchev–Trinajstić information content (AvgIpc) is 2.49. The number of nitrogens with one attached hydrogen (secondary N) is 1. The van der Waals surface area contributed by atoms with Crippen molar-refractivity contribution in [2.45, 2.75) is 13.5 Å². The third kappa shape index (κ3) is 2.80. The van der Waals surface area contributed by atoms with Gasteiger partial charge in [-0.05, 0) is 24.6 Å². The van der Waals surface area contributed by atoms with Crippen molar-refractivity contribution in [2.24, 2.45) is 0 Å². The normalized spacial score (nSPS) is 16.3. The van der Waals surface area contributed by atoms with E-state index in [1.807, 2.05) is 19.1 Å². The largest absolute Gasteiger partial charge is 0.496 e. The molecule has 0 saturated carbocycles. The Morgan fingerprint density at radius 3 is 2.81 bits per heavy atom.